The molecule has 0 saturated heterocycles. The minimum Gasteiger partial charge on any atom is -0.353 e. The molecular formula is C22H20ClN3O. The van der Waals surface area contributed by atoms with Crippen molar-refractivity contribution in [1.82, 2.24) is 14.9 Å². The lowest BCUT2D eigenvalue weighted by Gasteiger charge is -2.18. The number of carbonyl (C=O) groups excluding carboxylic acids is 1. The van der Waals surface area contributed by atoms with Gasteiger partial charge in [-0.15, -0.1) is 0 Å². The topological polar surface area (TPSA) is 49.0 Å². The van der Waals surface area contributed by atoms with Crippen LogP contribution in [-0.2, 0) is 0 Å². The Bertz CT molecular complexity index is 1130. The van der Waals surface area contributed by atoms with Crippen molar-refractivity contribution in [3.63, 3.8) is 0 Å². The maximum Gasteiger partial charge on any atom is 0.272 e. The molecule has 0 unspecified atom stereocenters. The second kappa shape index (κ2) is 7.05. The number of hydrogen-bond donors (Lipinski definition) is 1. The molecule has 1 amide bonds. The molecule has 0 saturated carbocycles. The van der Waals surface area contributed by atoms with Gasteiger partial charge in [-0.25, -0.2) is 4.98 Å². The van der Waals surface area contributed by atoms with Gasteiger partial charge >= 0.3 is 0 Å². The summed E-state index contributed by atoms with van der Waals surface area (Å²) in [5.41, 5.74) is 4.09. The first kappa shape index (κ1) is 17.6. The molecule has 4 rings (SSSR count). The Morgan fingerprint density at radius 2 is 1.74 bits per heavy atom. The lowest BCUT2D eigenvalue weighted by Crippen LogP contribution is -2.31. The van der Waals surface area contributed by atoms with Crippen molar-refractivity contribution < 1.29 is 4.79 Å². The highest BCUT2D eigenvalue weighted by Gasteiger charge is 2.19. The number of aromatic nitrogens is 2. The van der Waals surface area contributed by atoms with Crippen molar-refractivity contribution >= 4 is 39.3 Å². The van der Waals surface area contributed by atoms with Crippen LogP contribution in [0.5, 0.6) is 0 Å². The normalized spacial score (nSPS) is 11.2. The van der Waals surface area contributed by atoms with Gasteiger partial charge in [0.05, 0.1) is 11.2 Å². The third kappa shape index (κ3) is 3.06. The average Bonchev–Trinajstić information content (AvgIpc) is 3.07. The van der Waals surface area contributed by atoms with E-state index in [2.05, 4.69) is 11.1 Å². The lowest BCUT2D eigenvalue weighted by molar-refractivity contribution is 0.0767. The number of fused-ring (bicyclic) bond motifs is 3. The molecule has 0 aliphatic carbocycles. The van der Waals surface area contributed by atoms with Crippen LogP contribution in [0.25, 0.3) is 33.1 Å². The Kier molecular flexibility index (Phi) is 4.58. The van der Waals surface area contributed by atoms with Gasteiger partial charge in [0.2, 0.25) is 0 Å². The first-order chi connectivity index (χ1) is 13.1. The molecule has 0 spiro atoms. The SMILES string of the molecule is CCN(CC)C(=O)c1cc2c([nH]c3ccccc32)c(-c2ccc(Cl)cc2)n1. The van der Waals surface area contributed by atoms with Gasteiger partial charge in [-0.2, -0.15) is 0 Å². The van der Waals surface area contributed by atoms with Crippen LogP contribution in [0.15, 0.2) is 54.6 Å². The Balaban J connectivity index is 2.01. The van der Waals surface area contributed by atoms with Crippen LogP contribution in [0, 0.1) is 0 Å². The summed E-state index contributed by atoms with van der Waals surface area (Å²) in [6, 6.07) is 17.5. The van der Waals surface area contributed by atoms with Gasteiger partial charge in [-0.1, -0.05) is 41.9 Å². The third-order valence-corrected chi connectivity index (χ3v) is 5.14. The fourth-order valence-electron chi connectivity index (χ4n) is 3.44. The van der Waals surface area contributed by atoms with E-state index in [9.17, 15) is 4.79 Å². The van der Waals surface area contributed by atoms with E-state index in [0.717, 1.165) is 33.1 Å². The molecule has 4 aromatic rings. The highest BCUT2D eigenvalue weighted by molar-refractivity contribution is 6.30. The minimum atomic E-state index is -0.0533. The van der Waals surface area contributed by atoms with Gasteiger partial charge in [0, 0.05) is 40.0 Å². The van der Waals surface area contributed by atoms with Gasteiger partial charge in [-0.05, 0) is 38.1 Å². The smallest absolute Gasteiger partial charge is 0.272 e. The minimum absolute atomic E-state index is 0.0533. The molecule has 2 heterocycles. The van der Waals surface area contributed by atoms with Gasteiger partial charge in [0.1, 0.15) is 5.69 Å². The van der Waals surface area contributed by atoms with Crippen LogP contribution in [0.1, 0.15) is 24.3 Å². The Hall–Kier alpha value is -2.85. The van der Waals surface area contributed by atoms with Crippen LogP contribution in [0.3, 0.4) is 0 Å². The van der Waals surface area contributed by atoms with Crippen LogP contribution >= 0.6 is 11.6 Å². The second-order valence-corrected chi connectivity index (χ2v) is 6.87. The zero-order valence-corrected chi connectivity index (χ0v) is 16.0. The van der Waals surface area contributed by atoms with E-state index in [4.69, 9.17) is 16.6 Å². The predicted molar refractivity (Wildman–Crippen MR) is 111 cm³/mol. The molecule has 0 aliphatic rings. The summed E-state index contributed by atoms with van der Waals surface area (Å²) >= 11 is 6.05. The van der Waals surface area contributed by atoms with Gasteiger partial charge in [0.25, 0.3) is 5.91 Å². The number of amides is 1. The molecule has 4 nitrogen and oxygen atoms in total. The molecule has 0 aliphatic heterocycles. The standard InChI is InChI=1S/C22H20ClN3O/c1-3-26(4-2)22(27)19-13-17-16-7-5-6-8-18(16)24-21(17)20(25-19)14-9-11-15(23)12-10-14/h5-13,24H,3-4H2,1-2H3. The number of carbonyl (C=O) groups is 1. The Labute approximate surface area is 162 Å². The number of nitrogens with zero attached hydrogens (tertiary/aromatic N) is 2. The van der Waals surface area contributed by atoms with E-state index >= 15 is 0 Å². The van der Waals surface area contributed by atoms with Crippen molar-refractivity contribution in [3.05, 3.63) is 65.3 Å². The van der Waals surface area contributed by atoms with Gasteiger partial charge < -0.3 is 9.88 Å². The second-order valence-electron chi connectivity index (χ2n) is 6.43. The maximum absolute atomic E-state index is 13.0. The zero-order valence-electron chi connectivity index (χ0n) is 15.3. The number of aromatic amines is 1. The number of H-pyrrole nitrogens is 1. The maximum atomic E-state index is 13.0. The predicted octanol–water partition coefficient (Wildman–Crippen LogP) is 5.52. The van der Waals surface area contributed by atoms with Gasteiger partial charge in [0.15, 0.2) is 0 Å². The first-order valence-corrected chi connectivity index (χ1v) is 9.46. The number of hydrogen-bond acceptors (Lipinski definition) is 2. The molecule has 5 heteroatoms. The molecule has 2 aromatic heterocycles. The van der Waals surface area contributed by atoms with Crippen LogP contribution in [0.2, 0.25) is 5.02 Å². The van der Waals surface area contributed by atoms with Crippen molar-refractivity contribution in [1.29, 1.82) is 0 Å². The Morgan fingerprint density at radius 3 is 2.44 bits per heavy atom. The molecule has 136 valence electrons. The number of rotatable bonds is 4. The molecule has 2 aromatic carbocycles. The molecule has 0 bridgehead atoms. The summed E-state index contributed by atoms with van der Waals surface area (Å²) < 4.78 is 0. The fourth-order valence-corrected chi connectivity index (χ4v) is 3.57. The van der Waals surface area contributed by atoms with E-state index < -0.39 is 0 Å². The fraction of sp³-hybridized carbons (Fsp3) is 0.182. The summed E-state index contributed by atoms with van der Waals surface area (Å²) in [6.45, 7) is 5.26. The Morgan fingerprint density at radius 1 is 1.04 bits per heavy atom. The quantitative estimate of drug-likeness (QED) is 0.509. The molecular weight excluding hydrogens is 358 g/mol. The van der Waals surface area contributed by atoms with Gasteiger partial charge in [-0.3, -0.25) is 4.79 Å². The average molecular weight is 378 g/mol. The van der Waals surface area contributed by atoms with Crippen LogP contribution in [-0.4, -0.2) is 33.9 Å². The summed E-state index contributed by atoms with van der Waals surface area (Å²) in [4.78, 5) is 23.0. The summed E-state index contributed by atoms with van der Waals surface area (Å²) in [6.07, 6.45) is 0. The molecule has 0 fully saturated rings. The third-order valence-electron chi connectivity index (χ3n) is 4.88. The number of benzene rings is 2. The van der Waals surface area contributed by atoms with Crippen LogP contribution < -0.4 is 0 Å². The van der Waals surface area contributed by atoms with E-state index in [1.807, 2.05) is 62.4 Å². The number of nitrogens with one attached hydrogen (secondary N) is 1. The van der Waals surface area contributed by atoms with Crippen molar-refractivity contribution in [2.75, 3.05) is 13.1 Å². The molecule has 0 atom stereocenters. The number of pyridine rings is 1. The van der Waals surface area contributed by atoms with Crippen molar-refractivity contribution in [3.8, 4) is 11.3 Å². The monoisotopic (exact) mass is 377 g/mol. The van der Waals surface area contributed by atoms with E-state index in [0.29, 0.717) is 23.8 Å². The van der Waals surface area contributed by atoms with E-state index in [1.54, 1.807) is 4.90 Å². The summed E-state index contributed by atoms with van der Waals surface area (Å²) in [7, 11) is 0. The number of para-hydroxylation sites is 1. The molecule has 1 N–H and O–H groups in total. The lowest BCUT2D eigenvalue weighted by atomic mass is 10.1. The van der Waals surface area contributed by atoms with E-state index in [1.165, 1.54) is 0 Å². The van der Waals surface area contributed by atoms with Crippen molar-refractivity contribution in [2.24, 2.45) is 0 Å². The molecule has 27 heavy (non-hydrogen) atoms. The van der Waals surface area contributed by atoms with Crippen LogP contribution in [0.4, 0.5) is 0 Å². The highest BCUT2D eigenvalue weighted by atomic mass is 35.5. The number of halogens is 1. The highest BCUT2D eigenvalue weighted by Crippen LogP contribution is 2.33. The summed E-state index contributed by atoms with van der Waals surface area (Å²) in [5.74, 6) is -0.0533. The van der Waals surface area contributed by atoms with Crippen molar-refractivity contribution in [2.45, 2.75) is 13.8 Å². The van der Waals surface area contributed by atoms with E-state index in [-0.39, 0.29) is 5.91 Å². The molecule has 0 radical (unpaired) electrons. The largest absolute Gasteiger partial charge is 0.353 e. The first-order valence-electron chi connectivity index (χ1n) is 9.09. The summed E-state index contributed by atoms with van der Waals surface area (Å²) in [5, 5.41) is 2.75. The zero-order chi connectivity index (χ0) is 19.0.